The molecule has 0 spiro atoms. The van der Waals surface area contributed by atoms with Crippen LogP contribution in [0.2, 0.25) is 0 Å². The highest BCUT2D eigenvalue weighted by atomic mass is 19.4. The zero-order valence-electron chi connectivity index (χ0n) is 23.1. The molecule has 5 N–H and O–H groups in total. The van der Waals surface area contributed by atoms with Crippen LogP contribution in [-0.4, -0.2) is 63.9 Å². The number of aromatic nitrogens is 4. The van der Waals surface area contributed by atoms with Gasteiger partial charge in [-0.15, -0.1) is 5.10 Å². The number of amides is 2. The molecule has 2 heterocycles. The molecule has 226 valence electrons. The number of carbonyl (C=O) groups is 2. The second-order valence-electron chi connectivity index (χ2n) is 10.8. The number of halogens is 4. The minimum Gasteiger partial charge on any atom is -0.403 e. The molecule has 0 aliphatic heterocycles. The van der Waals surface area contributed by atoms with Crippen molar-refractivity contribution in [3.05, 3.63) is 42.0 Å². The molecule has 11 nitrogen and oxygen atoms in total. The summed E-state index contributed by atoms with van der Waals surface area (Å²) in [5.41, 5.74) is 5.47. The summed E-state index contributed by atoms with van der Waals surface area (Å²) in [5.74, 6) is -1.71. The first kappa shape index (κ1) is 30.3. The van der Waals surface area contributed by atoms with Crippen LogP contribution in [0.15, 0.2) is 30.4 Å². The number of alkyl halides is 3. The van der Waals surface area contributed by atoms with Gasteiger partial charge < -0.3 is 26.4 Å². The highest BCUT2D eigenvalue weighted by Crippen LogP contribution is 2.51. The summed E-state index contributed by atoms with van der Waals surface area (Å²) in [7, 11) is 1.32. The molecule has 2 aliphatic rings. The summed E-state index contributed by atoms with van der Waals surface area (Å²) in [6.07, 6.45) is 2.83. The Bertz CT molecular complexity index is 1240. The predicted octanol–water partition coefficient (Wildman–Crippen LogP) is 3.11. The maximum atomic E-state index is 15.0. The molecule has 0 radical (unpaired) electrons. The molecule has 2 unspecified atom stereocenters. The summed E-state index contributed by atoms with van der Waals surface area (Å²) in [4.78, 5) is 27.0. The number of anilines is 1. The molecule has 2 saturated carbocycles. The molecule has 41 heavy (non-hydrogen) atoms. The number of nitrogens with one attached hydrogen (secondary N) is 3. The first-order chi connectivity index (χ1) is 19.4. The fourth-order valence-electron chi connectivity index (χ4n) is 5.13. The summed E-state index contributed by atoms with van der Waals surface area (Å²) in [6.45, 7) is 2.21. The average Bonchev–Trinajstić information content (AvgIpc) is 3.83. The van der Waals surface area contributed by atoms with Crippen molar-refractivity contribution in [1.82, 2.24) is 30.2 Å². The SMILES string of the molecule is COCC(/C(=C/N)NCC(F)(F)F)n1cc(NC(=O)C(NC(=O)c2ccnn2C(C)C)C(C2CC2)C2CC2)c(F)n1. The molecule has 4 rings (SSSR count). The van der Waals surface area contributed by atoms with Gasteiger partial charge in [-0.05, 0) is 63.4 Å². The number of ether oxygens (including phenoxy) is 1. The van der Waals surface area contributed by atoms with Gasteiger partial charge in [0.15, 0.2) is 0 Å². The van der Waals surface area contributed by atoms with Crippen LogP contribution >= 0.6 is 0 Å². The van der Waals surface area contributed by atoms with Crippen molar-refractivity contribution in [2.45, 2.75) is 63.8 Å². The van der Waals surface area contributed by atoms with Crippen LogP contribution in [0.25, 0.3) is 0 Å². The lowest BCUT2D eigenvalue weighted by atomic mass is 9.88. The van der Waals surface area contributed by atoms with E-state index in [0.29, 0.717) is 5.69 Å². The smallest absolute Gasteiger partial charge is 0.403 e. The van der Waals surface area contributed by atoms with Crippen molar-refractivity contribution in [2.24, 2.45) is 23.5 Å². The lowest BCUT2D eigenvalue weighted by Crippen LogP contribution is -2.50. The number of hydrogen-bond donors (Lipinski definition) is 4. The Hall–Kier alpha value is -3.62. The van der Waals surface area contributed by atoms with Gasteiger partial charge >= 0.3 is 6.18 Å². The third kappa shape index (κ3) is 7.57. The Morgan fingerprint density at radius 2 is 1.88 bits per heavy atom. The number of carbonyl (C=O) groups excluding carboxylic acids is 2. The zero-order chi connectivity index (χ0) is 29.9. The Morgan fingerprint density at radius 1 is 1.22 bits per heavy atom. The number of hydrogen-bond acceptors (Lipinski definition) is 7. The van der Waals surface area contributed by atoms with Gasteiger partial charge in [-0.3, -0.25) is 19.0 Å². The molecule has 0 bridgehead atoms. The minimum absolute atomic E-state index is 0.0845. The van der Waals surface area contributed by atoms with Crippen molar-refractivity contribution in [3.8, 4) is 0 Å². The quantitative estimate of drug-likeness (QED) is 0.250. The van der Waals surface area contributed by atoms with Gasteiger partial charge in [0.05, 0.1) is 18.5 Å². The van der Waals surface area contributed by atoms with Gasteiger partial charge in [0.1, 0.15) is 30.0 Å². The Kier molecular flexibility index (Phi) is 9.24. The third-order valence-corrected chi connectivity index (χ3v) is 7.30. The highest BCUT2D eigenvalue weighted by Gasteiger charge is 2.48. The lowest BCUT2D eigenvalue weighted by molar-refractivity contribution is -0.123. The maximum absolute atomic E-state index is 15.0. The topological polar surface area (TPSA) is 141 Å². The summed E-state index contributed by atoms with van der Waals surface area (Å²) < 4.78 is 61.1. The molecule has 2 fully saturated rings. The van der Waals surface area contributed by atoms with Gasteiger partial charge in [-0.2, -0.15) is 22.7 Å². The molecular formula is C26H36F4N8O3. The first-order valence-electron chi connectivity index (χ1n) is 13.5. The van der Waals surface area contributed by atoms with E-state index in [1.165, 1.54) is 13.3 Å². The molecule has 2 aromatic rings. The van der Waals surface area contributed by atoms with Crippen LogP contribution in [0.3, 0.4) is 0 Å². The van der Waals surface area contributed by atoms with Crippen LogP contribution in [0.4, 0.5) is 23.2 Å². The maximum Gasteiger partial charge on any atom is 0.405 e. The van der Waals surface area contributed by atoms with E-state index in [4.69, 9.17) is 10.5 Å². The summed E-state index contributed by atoms with van der Waals surface area (Å²) >= 11 is 0. The zero-order valence-corrected chi connectivity index (χ0v) is 23.1. The average molecular weight is 585 g/mol. The van der Waals surface area contributed by atoms with Crippen molar-refractivity contribution in [3.63, 3.8) is 0 Å². The van der Waals surface area contributed by atoms with E-state index in [1.54, 1.807) is 10.7 Å². The molecule has 2 amide bonds. The van der Waals surface area contributed by atoms with E-state index in [-0.39, 0.29) is 41.8 Å². The van der Waals surface area contributed by atoms with Crippen LogP contribution in [0.5, 0.6) is 0 Å². The molecule has 15 heteroatoms. The molecule has 0 saturated heterocycles. The fourth-order valence-corrected chi connectivity index (χ4v) is 5.13. The van der Waals surface area contributed by atoms with Gasteiger partial charge in [0.2, 0.25) is 5.91 Å². The van der Waals surface area contributed by atoms with Crippen LogP contribution < -0.4 is 21.7 Å². The second-order valence-corrected chi connectivity index (χ2v) is 10.8. The summed E-state index contributed by atoms with van der Waals surface area (Å²) in [6, 6.07) is -0.491. The molecular weight excluding hydrogens is 548 g/mol. The molecule has 2 atom stereocenters. The Labute approximate surface area is 234 Å². The van der Waals surface area contributed by atoms with Gasteiger partial charge in [-0.25, -0.2) is 0 Å². The van der Waals surface area contributed by atoms with Crippen molar-refractivity contribution >= 4 is 17.5 Å². The van der Waals surface area contributed by atoms with Gasteiger partial charge in [-0.1, -0.05) is 0 Å². The van der Waals surface area contributed by atoms with E-state index < -0.39 is 42.6 Å². The Morgan fingerprint density at radius 3 is 2.41 bits per heavy atom. The normalized spacial score (nSPS) is 17.5. The van der Waals surface area contributed by atoms with E-state index in [1.807, 2.05) is 13.8 Å². The van der Waals surface area contributed by atoms with Gasteiger partial charge in [0.25, 0.3) is 11.9 Å². The van der Waals surface area contributed by atoms with Crippen LogP contribution in [0.1, 0.15) is 62.1 Å². The van der Waals surface area contributed by atoms with Crippen molar-refractivity contribution in [2.75, 3.05) is 25.6 Å². The fraction of sp³-hybridized carbons (Fsp3) is 0.615. The molecule has 0 aromatic carbocycles. The summed E-state index contributed by atoms with van der Waals surface area (Å²) in [5, 5.41) is 15.6. The van der Waals surface area contributed by atoms with E-state index in [9.17, 15) is 22.8 Å². The third-order valence-electron chi connectivity index (χ3n) is 7.30. The standard InChI is InChI=1S/C26H36F4N8O3/c1-14(2)38-19(8-9-33-38)24(39)35-22(21(15-4-5-15)16-6-7-16)25(40)34-18-11-37(36-23(18)27)20(12-41-3)17(10-31)32-13-26(28,29)30/h8-11,14-16,20-22,32H,4-7,12-13,31H2,1-3H3,(H,34,40)(H,35,39)/b17-10-. The highest BCUT2D eigenvalue weighted by molar-refractivity contribution is 6.00. The van der Waals surface area contributed by atoms with Crippen LogP contribution in [-0.2, 0) is 9.53 Å². The molecule has 2 aliphatic carbocycles. The molecule has 2 aromatic heterocycles. The predicted molar refractivity (Wildman–Crippen MR) is 141 cm³/mol. The minimum atomic E-state index is -4.52. The number of rotatable bonds is 14. The second kappa shape index (κ2) is 12.5. The van der Waals surface area contributed by atoms with E-state index >= 15 is 4.39 Å². The monoisotopic (exact) mass is 584 g/mol. The lowest BCUT2D eigenvalue weighted by Gasteiger charge is -2.27. The number of nitrogens with two attached hydrogens (primary N) is 1. The number of nitrogens with zero attached hydrogens (tertiary/aromatic N) is 4. The van der Waals surface area contributed by atoms with Crippen molar-refractivity contribution in [1.29, 1.82) is 0 Å². The first-order valence-corrected chi connectivity index (χ1v) is 13.5. The van der Waals surface area contributed by atoms with Crippen molar-refractivity contribution < 1.29 is 31.9 Å². The van der Waals surface area contributed by atoms with Gasteiger partial charge in [0, 0.05) is 25.5 Å². The Balaban J connectivity index is 1.56. The van der Waals surface area contributed by atoms with Crippen LogP contribution in [0, 0.1) is 23.7 Å². The number of methoxy groups -OCH3 is 1. The van der Waals surface area contributed by atoms with E-state index in [0.717, 1.165) is 42.8 Å². The van der Waals surface area contributed by atoms with E-state index in [2.05, 4.69) is 26.1 Å². The largest absolute Gasteiger partial charge is 0.405 e.